The van der Waals surface area contributed by atoms with Crippen molar-refractivity contribution in [1.29, 1.82) is 0 Å². The van der Waals surface area contributed by atoms with Gasteiger partial charge in [-0.15, -0.1) is 5.10 Å². The first-order valence-electron chi connectivity index (χ1n) is 3.26. The second-order valence-electron chi connectivity index (χ2n) is 2.21. The molecule has 0 amide bonds. The van der Waals surface area contributed by atoms with Crippen LogP contribution in [0.1, 0.15) is 19.3 Å². The van der Waals surface area contributed by atoms with Crippen molar-refractivity contribution < 1.29 is 0 Å². The van der Waals surface area contributed by atoms with E-state index in [9.17, 15) is 0 Å². The van der Waals surface area contributed by atoms with Gasteiger partial charge in [-0.2, -0.15) is 0 Å². The highest BCUT2D eigenvalue weighted by atomic mass is 32.1. The lowest BCUT2D eigenvalue weighted by Crippen LogP contribution is -2.23. The van der Waals surface area contributed by atoms with E-state index in [1.54, 1.807) is 0 Å². The summed E-state index contributed by atoms with van der Waals surface area (Å²) in [5.74, 6) is 0. The predicted octanol–water partition coefficient (Wildman–Crippen LogP) is 1.49. The molecule has 0 aromatic heterocycles. The third-order valence-electron chi connectivity index (χ3n) is 1.51. The van der Waals surface area contributed by atoms with Crippen molar-refractivity contribution in [2.45, 2.75) is 19.3 Å². The summed E-state index contributed by atoms with van der Waals surface area (Å²) >= 11 is 4.47. The lowest BCUT2D eigenvalue weighted by molar-refractivity contribution is 0.241. The average molecular weight is 142 g/mol. The van der Waals surface area contributed by atoms with Crippen molar-refractivity contribution in [2.24, 2.45) is 5.10 Å². The summed E-state index contributed by atoms with van der Waals surface area (Å²) in [5.41, 5.74) is 0. The predicted molar refractivity (Wildman–Crippen MR) is 40.5 cm³/mol. The van der Waals surface area contributed by atoms with Crippen molar-refractivity contribution in [1.82, 2.24) is 5.01 Å². The van der Waals surface area contributed by atoms with Gasteiger partial charge in [0.05, 0.1) is 5.16 Å². The highest BCUT2D eigenvalue weighted by molar-refractivity contribution is 7.78. The Bertz CT molecular complexity index is 123. The Labute approximate surface area is 60.5 Å². The van der Waals surface area contributed by atoms with Gasteiger partial charge in [0, 0.05) is 13.1 Å². The maximum Gasteiger partial charge on any atom is 0.0846 e. The van der Waals surface area contributed by atoms with Gasteiger partial charge in [0.15, 0.2) is 0 Å². The molecule has 0 radical (unpaired) electrons. The molecule has 2 nitrogen and oxygen atoms in total. The van der Waals surface area contributed by atoms with Gasteiger partial charge >= 0.3 is 0 Å². The number of nitrogens with zero attached hydrogens (tertiary/aromatic N) is 2. The van der Waals surface area contributed by atoms with Gasteiger partial charge in [0.25, 0.3) is 0 Å². The van der Waals surface area contributed by atoms with Crippen LogP contribution in [0.5, 0.6) is 0 Å². The van der Waals surface area contributed by atoms with Crippen molar-refractivity contribution in [3.63, 3.8) is 0 Å². The fourth-order valence-corrected chi connectivity index (χ4v) is 1.15. The van der Waals surface area contributed by atoms with Crippen molar-refractivity contribution >= 4 is 17.4 Å². The van der Waals surface area contributed by atoms with E-state index in [1.165, 1.54) is 19.3 Å². The lowest BCUT2D eigenvalue weighted by atomic mass is 10.2. The van der Waals surface area contributed by atoms with Crippen molar-refractivity contribution in [2.75, 3.05) is 13.1 Å². The lowest BCUT2D eigenvalue weighted by Gasteiger charge is -2.21. The Kier molecular flexibility index (Phi) is 2.68. The second-order valence-corrected chi connectivity index (χ2v) is 2.39. The highest BCUT2D eigenvalue weighted by Crippen LogP contribution is 2.07. The molecule has 0 aromatic rings. The van der Waals surface area contributed by atoms with E-state index in [-0.39, 0.29) is 0 Å². The summed E-state index contributed by atoms with van der Waals surface area (Å²) < 4.78 is 0. The third kappa shape index (κ3) is 2.12. The van der Waals surface area contributed by atoms with Crippen LogP contribution in [-0.2, 0) is 0 Å². The molecule has 1 rings (SSSR count). The first kappa shape index (κ1) is 6.72. The zero-order valence-corrected chi connectivity index (χ0v) is 6.15. The van der Waals surface area contributed by atoms with Crippen molar-refractivity contribution in [3.8, 4) is 0 Å². The van der Waals surface area contributed by atoms with E-state index in [1.807, 2.05) is 5.01 Å². The van der Waals surface area contributed by atoms with Gasteiger partial charge in [0.2, 0.25) is 0 Å². The molecule has 3 heteroatoms. The Balaban J connectivity index is 2.31. The van der Waals surface area contributed by atoms with Crippen LogP contribution < -0.4 is 0 Å². The number of hydrogen-bond acceptors (Lipinski definition) is 3. The van der Waals surface area contributed by atoms with Crippen LogP contribution in [-0.4, -0.2) is 23.3 Å². The molecule has 1 aliphatic heterocycles. The minimum atomic E-state index is 1.06. The van der Waals surface area contributed by atoms with E-state index < -0.39 is 0 Å². The molecule has 1 saturated heterocycles. The van der Waals surface area contributed by atoms with E-state index >= 15 is 0 Å². The summed E-state index contributed by atoms with van der Waals surface area (Å²) in [6.45, 7) is 2.12. The van der Waals surface area contributed by atoms with E-state index in [0.717, 1.165) is 13.1 Å². The van der Waals surface area contributed by atoms with Crippen LogP contribution in [0, 0.1) is 0 Å². The fourth-order valence-electron chi connectivity index (χ4n) is 1.03. The Morgan fingerprint density at radius 3 is 2.44 bits per heavy atom. The van der Waals surface area contributed by atoms with Gasteiger partial charge in [-0.05, 0) is 31.5 Å². The normalized spacial score (nSPS) is 18.9. The molecule has 0 bridgehead atoms. The standard InChI is InChI=1S/C6H10N2S/c9-6-7-8-4-2-1-3-5-8/h1-5H2. The molecule has 0 saturated carbocycles. The molecule has 1 fully saturated rings. The average Bonchev–Trinajstić information content (AvgIpc) is 1.91. The first-order chi connectivity index (χ1) is 4.43. The molecule has 1 heterocycles. The maximum absolute atomic E-state index is 4.47. The van der Waals surface area contributed by atoms with Gasteiger partial charge in [-0.1, -0.05) is 0 Å². The monoisotopic (exact) mass is 142 g/mol. The smallest absolute Gasteiger partial charge is 0.0846 e. The summed E-state index contributed by atoms with van der Waals surface area (Å²) in [4.78, 5) is 0. The largest absolute Gasteiger partial charge is 0.288 e. The zero-order valence-electron chi connectivity index (χ0n) is 5.34. The molecule has 0 unspecified atom stereocenters. The van der Waals surface area contributed by atoms with Crippen LogP contribution in [0.2, 0.25) is 0 Å². The first-order valence-corrected chi connectivity index (χ1v) is 3.67. The van der Waals surface area contributed by atoms with Crippen LogP contribution in [0.25, 0.3) is 0 Å². The summed E-state index contributed by atoms with van der Waals surface area (Å²) in [6, 6.07) is 0. The number of rotatable bonds is 1. The van der Waals surface area contributed by atoms with E-state index in [2.05, 4.69) is 22.5 Å². The summed E-state index contributed by atoms with van der Waals surface area (Å²) in [6.07, 6.45) is 3.84. The minimum absolute atomic E-state index is 1.06. The Hall–Kier alpha value is -0.400. The minimum Gasteiger partial charge on any atom is -0.288 e. The van der Waals surface area contributed by atoms with Gasteiger partial charge < -0.3 is 0 Å². The van der Waals surface area contributed by atoms with Crippen LogP contribution in [0.15, 0.2) is 5.10 Å². The second kappa shape index (κ2) is 3.59. The van der Waals surface area contributed by atoms with Crippen LogP contribution >= 0.6 is 12.2 Å². The SMILES string of the molecule is S=C=NN1CCCCC1. The van der Waals surface area contributed by atoms with Gasteiger partial charge in [0.1, 0.15) is 0 Å². The number of hydrogen-bond donors (Lipinski definition) is 0. The Morgan fingerprint density at radius 1 is 1.22 bits per heavy atom. The summed E-state index contributed by atoms with van der Waals surface area (Å²) in [5, 5.41) is 8.24. The third-order valence-corrected chi connectivity index (χ3v) is 1.60. The molecule has 1 aliphatic rings. The van der Waals surface area contributed by atoms with Gasteiger partial charge in [-0.25, -0.2) is 0 Å². The molecule has 50 valence electrons. The fraction of sp³-hybridized carbons (Fsp3) is 0.833. The maximum atomic E-state index is 4.47. The van der Waals surface area contributed by atoms with Crippen molar-refractivity contribution in [3.05, 3.63) is 0 Å². The topological polar surface area (TPSA) is 15.6 Å². The van der Waals surface area contributed by atoms with E-state index in [0.29, 0.717) is 0 Å². The molecule has 0 aliphatic carbocycles. The number of thiocarbonyl (C=S) groups is 1. The van der Waals surface area contributed by atoms with Crippen LogP contribution in [0.4, 0.5) is 0 Å². The molecule has 0 N–H and O–H groups in total. The molecule has 0 aromatic carbocycles. The van der Waals surface area contributed by atoms with Gasteiger partial charge in [-0.3, -0.25) is 5.01 Å². The van der Waals surface area contributed by atoms with E-state index in [4.69, 9.17) is 0 Å². The quantitative estimate of drug-likeness (QED) is 0.407. The Morgan fingerprint density at radius 2 is 1.89 bits per heavy atom. The molecule has 0 spiro atoms. The molecule has 0 atom stereocenters. The number of piperidine rings is 1. The summed E-state index contributed by atoms with van der Waals surface area (Å²) in [7, 11) is 0. The highest BCUT2D eigenvalue weighted by Gasteiger charge is 2.05. The molecule has 9 heavy (non-hydrogen) atoms. The number of hydrazone groups is 1. The molecular formula is C6H10N2S. The molecular weight excluding hydrogens is 132 g/mol. The van der Waals surface area contributed by atoms with Crippen LogP contribution in [0.3, 0.4) is 0 Å². The zero-order chi connectivity index (χ0) is 6.53. The number of isothiocyanates is 1.